The fourth-order valence-electron chi connectivity index (χ4n) is 1.84. The molecule has 0 aromatic heterocycles. The van der Waals surface area contributed by atoms with E-state index in [9.17, 15) is 13.6 Å². The Kier molecular flexibility index (Phi) is 3.69. The highest BCUT2D eigenvalue weighted by molar-refractivity contribution is 5.90. The Balaban J connectivity index is 1.69. The normalized spacial score (nSPS) is 12.6. The SMILES string of the molecule is O=C(O/N=C\c1ccc2c(c1)OCO2)c1cccc(F)c1F. The molecule has 0 amide bonds. The van der Waals surface area contributed by atoms with Crippen molar-refractivity contribution in [1.29, 1.82) is 0 Å². The molecular weight excluding hydrogens is 296 g/mol. The molecule has 0 N–H and O–H groups in total. The summed E-state index contributed by atoms with van der Waals surface area (Å²) in [5, 5.41) is 3.45. The van der Waals surface area contributed by atoms with Gasteiger partial charge in [0.05, 0.1) is 6.21 Å². The van der Waals surface area contributed by atoms with Crippen LogP contribution in [0.4, 0.5) is 8.78 Å². The second-order valence-corrected chi connectivity index (χ2v) is 4.33. The van der Waals surface area contributed by atoms with Crippen molar-refractivity contribution in [3.05, 3.63) is 59.2 Å². The summed E-state index contributed by atoms with van der Waals surface area (Å²) in [5.41, 5.74) is 0.0691. The Labute approximate surface area is 123 Å². The Morgan fingerprint density at radius 3 is 2.86 bits per heavy atom. The first-order valence-corrected chi connectivity index (χ1v) is 6.23. The third-order valence-corrected chi connectivity index (χ3v) is 2.91. The van der Waals surface area contributed by atoms with Crippen LogP contribution in [0.25, 0.3) is 0 Å². The van der Waals surface area contributed by atoms with Crippen LogP contribution >= 0.6 is 0 Å². The minimum atomic E-state index is -1.27. The quantitative estimate of drug-likeness (QED) is 0.497. The lowest BCUT2D eigenvalue weighted by molar-refractivity contribution is 0.0512. The van der Waals surface area contributed by atoms with Crippen molar-refractivity contribution >= 4 is 12.2 Å². The van der Waals surface area contributed by atoms with Crippen LogP contribution in [-0.2, 0) is 4.84 Å². The molecule has 0 saturated carbocycles. The summed E-state index contributed by atoms with van der Waals surface area (Å²) in [7, 11) is 0. The van der Waals surface area contributed by atoms with Gasteiger partial charge in [-0.15, -0.1) is 0 Å². The van der Waals surface area contributed by atoms with Gasteiger partial charge in [-0.3, -0.25) is 0 Å². The lowest BCUT2D eigenvalue weighted by Crippen LogP contribution is -2.05. The van der Waals surface area contributed by atoms with E-state index >= 15 is 0 Å². The molecule has 0 aliphatic carbocycles. The second kappa shape index (κ2) is 5.80. The van der Waals surface area contributed by atoms with Crippen LogP contribution in [0.15, 0.2) is 41.6 Å². The fourth-order valence-corrected chi connectivity index (χ4v) is 1.84. The molecule has 112 valence electrons. The number of oxime groups is 1. The van der Waals surface area contributed by atoms with Gasteiger partial charge in [0.2, 0.25) is 6.79 Å². The van der Waals surface area contributed by atoms with Crippen LogP contribution in [0.1, 0.15) is 15.9 Å². The summed E-state index contributed by atoms with van der Waals surface area (Å²) in [6.07, 6.45) is 1.25. The van der Waals surface area contributed by atoms with E-state index in [2.05, 4.69) is 9.99 Å². The minimum Gasteiger partial charge on any atom is -0.454 e. The van der Waals surface area contributed by atoms with E-state index < -0.39 is 23.2 Å². The molecule has 2 aromatic carbocycles. The van der Waals surface area contributed by atoms with Gasteiger partial charge in [0.25, 0.3) is 0 Å². The van der Waals surface area contributed by atoms with Crippen LogP contribution in [0.2, 0.25) is 0 Å². The molecule has 3 rings (SSSR count). The summed E-state index contributed by atoms with van der Waals surface area (Å²) in [6.45, 7) is 0.143. The van der Waals surface area contributed by atoms with Crippen LogP contribution in [0.3, 0.4) is 0 Å². The molecule has 7 heteroatoms. The number of hydrogen-bond donors (Lipinski definition) is 0. The van der Waals surface area contributed by atoms with E-state index in [4.69, 9.17) is 9.47 Å². The number of benzene rings is 2. The number of carbonyl (C=O) groups is 1. The highest BCUT2D eigenvalue weighted by atomic mass is 19.2. The molecule has 1 heterocycles. The monoisotopic (exact) mass is 305 g/mol. The molecule has 0 unspecified atom stereocenters. The lowest BCUT2D eigenvalue weighted by Gasteiger charge is -2.00. The maximum absolute atomic E-state index is 13.4. The molecule has 0 spiro atoms. The van der Waals surface area contributed by atoms with E-state index in [-0.39, 0.29) is 6.79 Å². The van der Waals surface area contributed by atoms with Crippen LogP contribution < -0.4 is 9.47 Å². The van der Waals surface area contributed by atoms with Crippen molar-refractivity contribution in [2.45, 2.75) is 0 Å². The maximum atomic E-state index is 13.4. The predicted molar refractivity (Wildman–Crippen MR) is 71.9 cm³/mol. The molecule has 5 nitrogen and oxygen atoms in total. The summed E-state index contributed by atoms with van der Waals surface area (Å²) in [6, 6.07) is 8.21. The second-order valence-electron chi connectivity index (χ2n) is 4.33. The van der Waals surface area contributed by atoms with Gasteiger partial charge >= 0.3 is 5.97 Å². The first-order chi connectivity index (χ1) is 10.6. The highest BCUT2D eigenvalue weighted by Crippen LogP contribution is 2.31. The van der Waals surface area contributed by atoms with Gasteiger partial charge in [0.1, 0.15) is 5.56 Å². The van der Waals surface area contributed by atoms with E-state index in [0.717, 1.165) is 12.1 Å². The number of fused-ring (bicyclic) bond motifs is 1. The molecule has 0 atom stereocenters. The molecule has 0 fully saturated rings. The first kappa shape index (κ1) is 14.0. The number of nitrogens with zero attached hydrogens (tertiary/aromatic N) is 1. The Morgan fingerprint density at radius 1 is 1.18 bits per heavy atom. The number of halogens is 2. The molecule has 1 aliphatic heterocycles. The van der Waals surface area contributed by atoms with E-state index in [1.807, 2.05) is 0 Å². The third-order valence-electron chi connectivity index (χ3n) is 2.91. The zero-order valence-corrected chi connectivity index (χ0v) is 11.1. The summed E-state index contributed by atoms with van der Waals surface area (Å²) >= 11 is 0. The van der Waals surface area contributed by atoms with Crippen molar-refractivity contribution in [3.63, 3.8) is 0 Å². The number of rotatable bonds is 3. The summed E-state index contributed by atoms with van der Waals surface area (Å²) in [5.74, 6) is -2.34. The van der Waals surface area contributed by atoms with Crippen LogP contribution in [-0.4, -0.2) is 19.0 Å². The maximum Gasteiger partial charge on any atom is 0.368 e. The standard InChI is InChI=1S/C15H9F2NO4/c16-11-3-1-2-10(14(11)17)15(19)22-18-7-9-4-5-12-13(6-9)21-8-20-12/h1-7H,8H2/b18-7-. The molecule has 1 aliphatic rings. The van der Waals surface area contributed by atoms with Gasteiger partial charge in [-0.25, -0.2) is 13.6 Å². The van der Waals surface area contributed by atoms with Crippen LogP contribution in [0, 0.1) is 11.6 Å². The number of carbonyl (C=O) groups excluding carboxylic acids is 1. The van der Waals surface area contributed by atoms with Gasteiger partial charge < -0.3 is 14.3 Å². The predicted octanol–water partition coefficient (Wildman–Crippen LogP) is 2.88. The Bertz CT molecular complexity index is 761. The molecule has 0 saturated heterocycles. The average Bonchev–Trinajstić information content (AvgIpc) is 2.97. The third kappa shape index (κ3) is 2.73. The van der Waals surface area contributed by atoms with Crippen molar-refractivity contribution in [2.24, 2.45) is 5.16 Å². The smallest absolute Gasteiger partial charge is 0.368 e. The number of ether oxygens (including phenoxy) is 2. The molecule has 2 aromatic rings. The average molecular weight is 305 g/mol. The van der Waals surface area contributed by atoms with E-state index in [1.54, 1.807) is 18.2 Å². The van der Waals surface area contributed by atoms with E-state index in [0.29, 0.717) is 17.1 Å². The summed E-state index contributed by atoms with van der Waals surface area (Å²) in [4.78, 5) is 16.1. The van der Waals surface area contributed by atoms with Crippen LogP contribution in [0.5, 0.6) is 11.5 Å². The highest BCUT2D eigenvalue weighted by Gasteiger charge is 2.16. The zero-order chi connectivity index (χ0) is 15.5. The molecule has 0 bridgehead atoms. The van der Waals surface area contributed by atoms with Gasteiger partial charge in [0, 0.05) is 5.56 Å². The Hall–Kier alpha value is -2.96. The number of hydrogen-bond acceptors (Lipinski definition) is 5. The van der Waals surface area contributed by atoms with Gasteiger partial charge in [-0.2, -0.15) is 0 Å². The van der Waals surface area contributed by atoms with E-state index in [1.165, 1.54) is 12.3 Å². The molecule has 0 radical (unpaired) electrons. The van der Waals surface area contributed by atoms with Crippen molar-refractivity contribution < 1.29 is 27.9 Å². The van der Waals surface area contributed by atoms with Crippen molar-refractivity contribution in [3.8, 4) is 11.5 Å². The Morgan fingerprint density at radius 2 is 2.00 bits per heavy atom. The van der Waals surface area contributed by atoms with Crippen molar-refractivity contribution in [2.75, 3.05) is 6.79 Å². The van der Waals surface area contributed by atoms with Gasteiger partial charge in [0.15, 0.2) is 23.1 Å². The van der Waals surface area contributed by atoms with Gasteiger partial charge in [-0.1, -0.05) is 11.2 Å². The summed E-state index contributed by atoms with van der Waals surface area (Å²) < 4.78 is 36.7. The van der Waals surface area contributed by atoms with Crippen molar-refractivity contribution in [1.82, 2.24) is 0 Å². The largest absolute Gasteiger partial charge is 0.454 e. The minimum absolute atomic E-state index is 0.143. The molecule has 22 heavy (non-hydrogen) atoms. The topological polar surface area (TPSA) is 57.1 Å². The first-order valence-electron chi connectivity index (χ1n) is 6.23. The lowest BCUT2D eigenvalue weighted by atomic mass is 10.2. The fraction of sp³-hybridized carbons (Fsp3) is 0.0667. The zero-order valence-electron chi connectivity index (χ0n) is 11.1. The molecular formula is C15H9F2NO4. The van der Waals surface area contributed by atoms with Gasteiger partial charge in [-0.05, 0) is 30.3 Å².